The van der Waals surface area contributed by atoms with E-state index in [-0.39, 0.29) is 24.0 Å². The van der Waals surface area contributed by atoms with E-state index in [2.05, 4.69) is 49.9 Å². The van der Waals surface area contributed by atoms with Gasteiger partial charge in [-0.3, -0.25) is 9.67 Å². The fourth-order valence-electron chi connectivity index (χ4n) is 3.88. The number of unbranched alkanes of at least 4 members (excludes halogenated alkanes) is 2. The molecular formula is C23H37IN6. The summed E-state index contributed by atoms with van der Waals surface area (Å²) in [6, 6.07) is 10.5. The number of hydrogen-bond donors (Lipinski definition) is 2. The Labute approximate surface area is 198 Å². The molecule has 0 radical (unpaired) electrons. The second-order valence-electron chi connectivity index (χ2n) is 7.79. The molecule has 30 heavy (non-hydrogen) atoms. The number of nitrogens with zero attached hydrogens (tertiary/aromatic N) is 4. The second kappa shape index (κ2) is 14.4. The highest BCUT2D eigenvalue weighted by Crippen LogP contribution is 2.11. The van der Waals surface area contributed by atoms with Crippen molar-refractivity contribution in [1.29, 1.82) is 0 Å². The molecule has 166 valence electrons. The fourth-order valence-corrected chi connectivity index (χ4v) is 3.88. The first-order valence-corrected chi connectivity index (χ1v) is 11.1. The highest BCUT2D eigenvalue weighted by molar-refractivity contribution is 14.0. The summed E-state index contributed by atoms with van der Waals surface area (Å²) in [7, 11) is 1.83. The maximum absolute atomic E-state index is 4.37. The lowest BCUT2D eigenvalue weighted by Crippen LogP contribution is -2.37. The first-order valence-electron chi connectivity index (χ1n) is 11.1. The molecule has 3 rings (SSSR count). The van der Waals surface area contributed by atoms with Crippen LogP contribution in [-0.2, 0) is 13.1 Å². The van der Waals surface area contributed by atoms with Gasteiger partial charge < -0.3 is 15.5 Å². The molecule has 0 aliphatic carbocycles. The molecule has 0 bridgehead atoms. The number of halogens is 1. The lowest BCUT2D eigenvalue weighted by Gasteiger charge is -2.26. The first kappa shape index (κ1) is 24.7. The van der Waals surface area contributed by atoms with Crippen molar-refractivity contribution >= 4 is 29.9 Å². The van der Waals surface area contributed by atoms with Gasteiger partial charge in [0.05, 0.1) is 6.54 Å². The average Bonchev–Trinajstić information content (AvgIpc) is 3.27. The fraction of sp³-hybridized carbons (Fsp3) is 0.565. The Balaban J connectivity index is 0.00000320. The van der Waals surface area contributed by atoms with Gasteiger partial charge in [0.15, 0.2) is 5.96 Å². The topological polar surface area (TPSA) is 57.5 Å². The van der Waals surface area contributed by atoms with Gasteiger partial charge in [0.25, 0.3) is 0 Å². The monoisotopic (exact) mass is 524 g/mol. The van der Waals surface area contributed by atoms with E-state index in [1.54, 1.807) is 0 Å². The highest BCUT2D eigenvalue weighted by atomic mass is 127. The van der Waals surface area contributed by atoms with Gasteiger partial charge in [0, 0.05) is 32.5 Å². The SMILES string of the molecule is CN=C(NCCCCCN1CCCCC1)NCc1ccccc1Cn1cccn1.I. The van der Waals surface area contributed by atoms with E-state index in [9.17, 15) is 0 Å². The zero-order chi connectivity index (χ0) is 20.2. The molecular weight excluding hydrogens is 487 g/mol. The number of nitrogens with one attached hydrogen (secondary N) is 2. The van der Waals surface area contributed by atoms with Crippen LogP contribution in [0.4, 0.5) is 0 Å². The van der Waals surface area contributed by atoms with Crippen molar-refractivity contribution in [1.82, 2.24) is 25.3 Å². The average molecular weight is 524 g/mol. The number of aliphatic imine (C=N–C) groups is 1. The van der Waals surface area contributed by atoms with Gasteiger partial charge >= 0.3 is 0 Å². The number of piperidine rings is 1. The van der Waals surface area contributed by atoms with Crippen LogP contribution >= 0.6 is 24.0 Å². The number of rotatable bonds is 10. The van der Waals surface area contributed by atoms with Gasteiger partial charge in [0.1, 0.15) is 0 Å². The van der Waals surface area contributed by atoms with E-state index in [1.165, 1.54) is 69.3 Å². The van der Waals surface area contributed by atoms with Crippen LogP contribution in [0.1, 0.15) is 49.7 Å². The van der Waals surface area contributed by atoms with Crippen molar-refractivity contribution in [2.75, 3.05) is 33.2 Å². The van der Waals surface area contributed by atoms with Crippen LogP contribution in [0.2, 0.25) is 0 Å². The molecule has 6 nitrogen and oxygen atoms in total. The molecule has 0 spiro atoms. The van der Waals surface area contributed by atoms with Crippen molar-refractivity contribution in [3.63, 3.8) is 0 Å². The molecule has 1 aromatic heterocycles. The second-order valence-corrected chi connectivity index (χ2v) is 7.79. The summed E-state index contributed by atoms with van der Waals surface area (Å²) in [5, 5.41) is 11.2. The van der Waals surface area contributed by atoms with Crippen LogP contribution < -0.4 is 10.6 Å². The van der Waals surface area contributed by atoms with Crippen molar-refractivity contribution in [3.8, 4) is 0 Å². The summed E-state index contributed by atoms with van der Waals surface area (Å²) >= 11 is 0. The highest BCUT2D eigenvalue weighted by Gasteiger charge is 2.09. The van der Waals surface area contributed by atoms with Gasteiger partial charge in [-0.2, -0.15) is 5.10 Å². The Bertz CT molecular complexity index is 725. The first-order chi connectivity index (χ1) is 14.3. The number of benzene rings is 1. The largest absolute Gasteiger partial charge is 0.356 e. The van der Waals surface area contributed by atoms with Crippen LogP contribution in [0.3, 0.4) is 0 Å². The molecule has 1 aliphatic rings. The molecule has 0 unspecified atom stereocenters. The lowest BCUT2D eigenvalue weighted by atomic mass is 10.1. The van der Waals surface area contributed by atoms with E-state index < -0.39 is 0 Å². The molecule has 0 amide bonds. The minimum Gasteiger partial charge on any atom is -0.356 e. The third kappa shape index (κ3) is 8.63. The number of likely N-dealkylation sites (tertiary alicyclic amines) is 1. The van der Waals surface area contributed by atoms with Crippen LogP contribution in [0, 0.1) is 0 Å². The predicted molar refractivity (Wildman–Crippen MR) is 136 cm³/mol. The molecule has 1 fully saturated rings. The maximum Gasteiger partial charge on any atom is 0.191 e. The Kier molecular flexibility index (Phi) is 11.8. The quantitative estimate of drug-likeness (QED) is 0.215. The third-order valence-electron chi connectivity index (χ3n) is 5.57. The Morgan fingerprint density at radius 2 is 1.80 bits per heavy atom. The van der Waals surface area contributed by atoms with Gasteiger partial charge in [-0.05, 0) is 62.5 Å². The predicted octanol–water partition coefficient (Wildman–Crippen LogP) is 3.87. The van der Waals surface area contributed by atoms with E-state index in [0.29, 0.717) is 0 Å². The summed E-state index contributed by atoms with van der Waals surface area (Å²) in [4.78, 5) is 6.99. The molecule has 2 N–H and O–H groups in total. The van der Waals surface area contributed by atoms with E-state index in [4.69, 9.17) is 0 Å². The van der Waals surface area contributed by atoms with Crippen LogP contribution in [0.15, 0.2) is 47.7 Å². The lowest BCUT2D eigenvalue weighted by molar-refractivity contribution is 0.224. The summed E-state index contributed by atoms with van der Waals surface area (Å²) in [6.45, 7) is 6.38. The zero-order valence-electron chi connectivity index (χ0n) is 18.2. The van der Waals surface area contributed by atoms with Crippen LogP contribution in [0.25, 0.3) is 0 Å². The molecule has 2 aromatic rings. The zero-order valence-corrected chi connectivity index (χ0v) is 20.6. The molecule has 1 aliphatic heterocycles. The molecule has 7 heteroatoms. The molecule has 1 saturated heterocycles. The Hall–Kier alpha value is -1.61. The van der Waals surface area contributed by atoms with Crippen LogP contribution in [-0.4, -0.2) is 53.9 Å². The smallest absolute Gasteiger partial charge is 0.191 e. The normalized spacial score (nSPS) is 14.9. The number of aromatic nitrogens is 2. The van der Waals surface area contributed by atoms with Gasteiger partial charge in [-0.15, -0.1) is 24.0 Å². The van der Waals surface area contributed by atoms with Gasteiger partial charge in [-0.25, -0.2) is 0 Å². The number of guanidine groups is 1. The van der Waals surface area contributed by atoms with Crippen molar-refractivity contribution in [2.45, 2.75) is 51.6 Å². The van der Waals surface area contributed by atoms with Crippen LogP contribution in [0.5, 0.6) is 0 Å². The minimum absolute atomic E-state index is 0. The Morgan fingerprint density at radius 1 is 1.00 bits per heavy atom. The Morgan fingerprint density at radius 3 is 2.53 bits per heavy atom. The summed E-state index contributed by atoms with van der Waals surface area (Å²) in [5.74, 6) is 0.870. The summed E-state index contributed by atoms with van der Waals surface area (Å²) < 4.78 is 1.95. The van der Waals surface area contributed by atoms with Crippen molar-refractivity contribution in [2.24, 2.45) is 4.99 Å². The van der Waals surface area contributed by atoms with E-state index in [1.807, 2.05) is 30.2 Å². The summed E-state index contributed by atoms with van der Waals surface area (Å²) in [6.07, 6.45) is 11.8. The molecule has 0 atom stereocenters. The molecule has 1 aromatic carbocycles. The van der Waals surface area contributed by atoms with Crippen molar-refractivity contribution < 1.29 is 0 Å². The van der Waals surface area contributed by atoms with E-state index >= 15 is 0 Å². The molecule has 0 saturated carbocycles. The van der Waals surface area contributed by atoms with E-state index in [0.717, 1.165) is 25.6 Å². The standard InChI is InChI=1S/C23H36N6.HI/c1-24-23(25-13-6-2-7-15-28-16-8-3-9-17-28)26-19-21-11-4-5-12-22(21)20-29-18-10-14-27-29;/h4-5,10-12,14,18H,2-3,6-9,13,15-17,19-20H2,1H3,(H2,24,25,26);1H. The molecule has 2 heterocycles. The summed E-state index contributed by atoms with van der Waals surface area (Å²) in [5.41, 5.74) is 2.55. The minimum atomic E-state index is 0. The van der Waals surface area contributed by atoms with Gasteiger partial charge in [-0.1, -0.05) is 37.1 Å². The van der Waals surface area contributed by atoms with Crippen molar-refractivity contribution in [3.05, 3.63) is 53.9 Å². The third-order valence-corrected chi connectivity index (χ3v) is 5.57. The number of hydrogen-bond acceptors (Lipinski definition) is 3. The maximum atomic E-state index is 4.37. The van der Waals surface area contributed by atoms with Gasteiger partial charge in [0.2, 0.25) is 0 Å².